The van der Waals surface area contributed by atoms with E-state index in [2.05, 4.69) is 59.7 Å². The van der Waals surface area contributed by atoms with E-state index in [-0.39, 0.29) is 6.04 Å². The van der Waals surface area contributed by atoms with Gasteiger partial charge in [0.15, 0.2) is 0 Å². The topological polar surface area (TPSA) is 37.0 Å². The maximum absolute atomic E-state index is 5.27. The van der Waals surface area contributed by atoms with Gasteiger partial charge in [-0.25, -0.2) is 0 Å². The summed E-state index contributed by atoms with van der Waals surface area (Å²) < 4.78 is 5.27. The number of ether oxygens (including phenoxy) is 1. The van der Waals surface area contributed by atoms with Crippen molar-refractivity contribution in [3.05, 3.63) is 65.9 Å². The van der Waals surface area contributed by atoms with Crippen molar-refractivity contribution in [2.24, 2.45) is 0 Å². The summed E-state index contributed by atoms with van der Waals surface area (Å²) in [5, 5.41) is 4.79. The fraction of sp³-hybridized carbons (Fsp3) is 0.222. The Morgan fingerprint density at radius 3 is 2.76 bits per heavy atom. The second kappa shape index (κ2) is 6.02. The van der Waals surface area contributed by atoms with Gasteiger partial charge in [0.1, 0.15) is 5.75 Å². The van der Waals surface area contributed by atoms with Crippen molar-refractivity contribution in [1.82, 2.24) is 10.3 Å². The van der Waals surface area contributed by atoms with Crippen LogP contribution in [-0.4, -0.2) is 12.1 Å². The summed E-state index contributed by atoms with van der Waals surface area (Å²) in [5.74, 6) is 0.895. The first-order valence-corrected chi connectivity index (χ1v) is 7.20. The lowest BCUT2D eigenvalue weighted by molar-refractivity contribution is 0.413. The van der Waals surface area contributed by atoms with E-state index in [1.54, 1.807) is 7.11 Å². The van der Waals surface area contributed by atoms with Crippen molar-refractivity contribution in [1.29, 1.82) is 0 Å². The zero-order valence-electron chi connectivity index (χ0n) is 12.4. The van der Waals surface area contributed by atoms with E-state index in [9.17, 15) is 0 Å². The van der Waals surface area contributed by atoms with Gasteiger partial charge in [-0.3, -0.25) is 0 Å². The van der Waals surface area contributed by atoms with Gasteiger partial charge in [0, 0.05) is 23.8 Å². The molecule has 3 rings (SSSR count). The lowest BCUT2D eigenvalue weighted by atomic mass is 10.1. The number of methoxy groups -OCH3 is 1. The van der Waals surface area contributed by atoms with Gasteiger partial charge >= 0.3 is 0 Å². The molecule has 108 valence electrons. The van der Waals surface area contributed by atoms with Gasteiger partial charge in [0.2, 0.25) is 0 Å². The molecule has 1 heterocycles. The molecule has 0 saturated heterocycles. The maximum atomic E-state index is 5.27. The van der Waals surface area contributed by atoms with Crippen LogP contribution in [0.15, 0.2) is 54.6 Å². The van der Waals surface area contributed by atoms with Crippen LogP contribution in [0.1, 0.15) is 24.2 Å². The minimum atomic E-state index is 0.270. The third-order valence-electron chi connectivity index (χ3n) is 3.78. The van der Waals surface area contributed by atoms with Crippen LogP contribution in [0.5, 0.6) is 5.75 Å². The number of para-hydroxylation sites is 1. The summed E-state index contributed by atoms with van der Waals surface area (Å²) in [6.45, 7) is 2.98. The standard InChI is InChI=1S/C18H20N2O/c1-13(14-7-5-8-17(11-14)21-2)19-12-16-10-15-6-3-4-9-18(15)20-16/h3-11,13,19-20H,12H2,1-2H3/t13-/m1/s1. The number of aromatic nitrogens is 1. The highest BCUT2D eigenvalue weighted by molar-refractivity contribution is 5.80. The average Bonchev–Trinajstić information content (AvgIpc) is 2.95. The quantitative estimate of drug-likeness (QED) is 0.740. The number of nitrogens with one attached hydrogen (secondary N) is 2. The molecule has 0 aliphatic heterocycles. The van der Waals surface area contributed by atoms with Crippen LogP contribution in [0.2, 0.25) is 0 Å². The van der Waals surface area contributed by atoms with E-state index in [0.29, 0.717) is 0 Å². The first kappa shape index (κ1) is 13.7. The number of benzene rings is 2. The minimum absolute atomic E-state index is 0.270. The Morgan fingerprint density at radius 1 is 1.10 bits per heavy atom. The van der Waals surface area contributed by atoms with Gasteiger partial charge in [0.05, 0.1) is 7.11 Å². The normalized spacial score (nSPS) is 12.5. The number of hydrogen-bond acceptors (Lipinski definition) is 2. The number of hydrogen-bond donors (Lipinski definition) is 2. The first-order chi connectivity index (χ1) is 10.3. The SMILES string of the molecule is COc1cccc([C@@H](C)NCc2cc3ccccc3[nH]2)c1. The molecule has 0 fully saturated rings. The highest BCUT2D eigenvalue weighted by Gasteiger charge is 2.07. The summed E-state index contributed by atoms with van der Waals surface area (Å²) in [6, 6.07) is 19.0. The molecular weight excluding hydrogens is 260 g/mol. The molecule has 21 heavy (non-hydrogen) atoms. The molecule has 0 amide bonds. The van der Waals surface area contributed by atoms with E-state index < -0.39 is 0 Å². The second-order valence-corrected chi connectivity index (χ2v) is 5.26. The zero-order valence-corrected chi connectivity index (χ0v) is 12.4. The van der Waals surface area contributed by atoms with Gasteiger partial charge in [-0.15, -0.1) is 0 Å². The maximum Gasteiger partial charge on any atom is 0.119 e. The Hall–Kier alpha value is -2.26. The Morgan fingerprint density at radius 2 is 1.95 bits per heavy atom. The van der Waals surface area contributed by atoms with Crippen molar-refractivity contribution >= 4 is 10.9 Å². The number of H-pyrrole nitrogens is 1. The van der Waals surface area contributed by atoms with Crippen molar-refractivity contribution in [2.45, 2.75) is 19.5 Å². The van der Waals surface area contributed by atoms with Gasteiger partial charge in [-0.1, -0.05) is 30.3 Å². The molecule has 1 aromatic heterocycles. The highest BCUT2D eigenvalue weighted by Crippen LogP contribution is 2.20. The lowest BCUT2D eigenvalue weighted by Crippen LogP contribution is -2.18. The molecule has 0 saturated carbocycles. The molecule has 2 aromatic carbocycles. The lowest BCUT2D eigenvalue weighted by Gasteiger charge is -2.14. The smallest absolute Gasteiger partial charge is 0.119 e. The van der Waals surface area contributed by atoms with Crippen LogP contribution in [0.25, 0.3) is 10.9 Å². The average molecular weight is 280 g/mol. The van der Waals surface area contributed by atoms with E-state index in [1.807, 2.05) is 12.1 Å². The summed E-state index contributed by atoms with van der Waals surface area (Å²) in [6.07, 6.45) is 0. The molecule has 0 bridgehead atoms. The summed E-state index contributed by atoms with van der Waals surface area (Å²) in [4.78, 5) is 3.44. The molecule has 1 atom stereocenters. The summed E-state index contributed by atoms with van der Waals surface area (Å²) in [5.41, 5.74) is 3.61. The van der Waals surface area contributed by atoms with Crippen LogP contribution >= 0.6 is 0 Å². The molecule has 0 spiro atoms. The Labute approximate surface area is 125 Å². The molecule has 3 aromatic rings. The number of fused-ring (bicyclic) bond motifs is 1. The fourth-order valence-corrected chi connectivity index (χ4v) is 2.52. The van der Waals surface area contributed by atoms with Crippen LogP contribution < -0.4 is 10.1 Å². The number of rotatable bonds is 5. The monoisotopic (exact) mass is 280 g/mol. The Balaban J connectivity index is 1.68. The zero-order chi connectivity index (χ0) is 14.7. The molecule has 0 unspecified atom stereocenters. The Kier molecular flexibility index (Phi) is 3.93. The van der Waals surface area contributed by atoms with Gasteiger partial charge in [-0.05, 0) is 42.1 Å². The van der Waals surface area contributed by atoms with E-state index in [4.69, 9.17) is 4.74 Å². The van der Waals surface area contributed by atoms with Crippen LogP contribution in [0.3, 0.4) is 0 Å². The van der Waals surface area contributed by atoms with Gasteiger partial charge in [-0.2, -0.15) is 0 Å². The highest BCUT2D eigenvalue weighted by atomic mass is 16.5. The van der Waals surface area contributed by atoms with Crippen LogP contribution in [-0.2, 0) is 6.54 Å². The van der Waals surface area contributed by atoms with E-state index in [0.717, 1.165) is 12.3 Å². The van der Waals surface area contributed by atoms with Crippen molar-refractivity contribution in [3.63, 3.8) is 0 Å². The fourth-order valence-electron chi connectivity index (χ4n) is 2.52. The second-order valence-electron chi connectivity index (χ2n) is 5.26. The van der Waals surface area contributed by atoms with E-state index >= 15 is 0 Å². The van der Waals surface area contributed by atoms with Crippen LogP contribution in [0, 0.1) is 0 Å². The molecule has 3 heteroatoms. The Bertz CT molecular complexity index is 700. The van der Waals surface area contributed by atoms with Crippen molar-refractivity contribution < 1.29 is 4.74 Å². The largest absolute Gasteiger partial charge is 0.497 e. The van der Waals surface area contributed by atoms with Gasteiger partial charge in [0.25, 0.3) is 0 Å². The van der Waals surface area contributed by atoms with Gasteiger partial charge < -0.3 is 15.0 Å². The molecular formula is C18H20N2O. The molecule has 3 nitrogen and oxygen atoms in total. The summed E-state index contributed by atoms with van der Waals surface area (Å²) in [7, 11) is 1.70. The number of aromatic amines is 1. The summed E-state index contributed by atoms with van der Waals surface area (Å²) >= 11 is 0. The predicted octanol–water partition coefficient (Wildman–Crippen LogP) is 4.03. The van der Waals surface area contributed by atoms with Crippen molar-refractivity contribution in [2.75, 3.05) is 7.11 Å². The third-order valence-corrected chi connectivity index (χ3v) is 3.78. The molecule has 0 aliphatic carbocycles. The van der Waals surface area contributed by atoms with Crippen molar-refractivity contribution in [3.8, 4) is 5.75 Å². The van der Waals surface area contributed by atoms with Crippen LogP contribution in [0.4, 0.5) is 0 Å². The predicted molar refractivity (Wildman–Crippen MR) is 86.5 cm³/mol. The first-order valence-electron chi connectivity index (χ1n) is 7.20. The molecule has 0 aliphatic rings. The minimum Gasteiger partial charge on any atom is -0.497 e. The third kappa shape index (κ3) is 3.09. The molecule has 2 N–H and O–H groups in total. The van der Waals surface area contributed by atoms with E-state index in [1.165, 1.54) is 22.2 Å². The molecule has 0 radical (unpaired) electrons.